The van der Waals surface area contributed by atoms with Crippen LogP contribution in [0.4, 0.5) is 0 Å². The molecule has 3 heterocycles. The predicted molar refractivity (Wildman–Crippen MR) is 102 cm³/mol. The highest BCUT2D eigenvalue weighted by atomic mass is 32.1. The van der Waals surface area contributed by atoms with Gasteiger partial charge in [-0.25, -0.2) is 0 Å². The van der Waals surface area contributed by atoms with Crippen molar-refractivity contribution < 1.29 is 9.53 Å². The van der Waals surface area contributed by atoms with Gasteiger partial charge in [0.2, 0.25) is 0 Å². The fourth-order valence-electron chi connectivity index (χ4n) is 3.44. The predicted octanol–water partition coefficient (Wildman–Crippen LogP) is 4.33. The molecule has 1 saturated heterocycles. The summed E-state index contributed by atoms with van der Waals surface area (Å²) in [5.41, 5.74) is 1.93. The number of carbonyl (C=O) groups excluding carboxylic acids is 1. The lowest BCUT2D eigenvalue weighted by Gasteiger charge is -2.17. The van der Waals surface area contributed by atoms with Gasteiger partial charge in [0.05, 0.1) is 16.8 Å². The minimum atomic E-state index is 0.151. The van der Waals surface area contributed by atoms with Gasteiger partial charge in [0.25, 0.3) is 5.91 Å². The van der Waals surface area contributed by atoms with Crippen LogP contribution in [0.1, 0.15) is 28.2 Å². The van der Waals surface area contributed by atoms with E-state index in [0.29, 0.717) is 13.2 Å². The molecule has 3 aromatic rings. The van der Waals surface area contributed by atoms with Crippen molar-refractivity contribution in [3.63, 3.8) is 0 Å². The molecule has 4 nitrogen and oxygen atoms in total. The Morgan fingerprint density at radius 2 is 1.92 bits per heavy atom. The molecule has 1 aliphatic heterocycles. The van der Waals surface area contributed by atoms with E-state index < -0.39 is 0 Å². The maximum absolute atomic E-state index is 12.9. The van der Waals surface area contributed by atoms with E-state index in [2.05, 4.69) is 23.6 Å². The molecule has 1 aromatic carbocycles. The lowest BCUT2D eigenvalue weighted by atomic mass is 10.3. The molecule has 0 N–H and O–H groups in total. The highest BCUT2D eigenvalue weighted by Gasteiger charge is 2.24. The number of nitrogens with zero attached hydrogens (tertiary/aromatic N) is 2. The van der Waals surface area contributed by atoms with Crippen LogP contribution in [0.2, 0.25) is 0 Å². The maximum atomic E-state index is 12.9. The monoisotopic (exact) mass is 354 g/mol. The Balaban J connectivity index is 1.58. The topological polar surface area (TPSA) is 34.5 Å². The van der Waals surface area contributed by atoms with Crippen molar-refractivity contribution in [2.45, 2.75) is 26.3 Å². The number of rotatable bonds is 5. The van der Waals surface area contributed by atoms with Crippen LogP contribution in [0.3, 0.4) is 0 Å². The molecule has 0 unspecified atom stereocenters. The molecule has 130 valence electrons. The minimum Gasteiger partial charge on any atom is -0.492 e. The largest absolute Gasteiger partial charge is 0.492 e. The summed E-state index contributed by atoms with van der Waals surface area (Å²) >= 11 is 1.74. The van der Waals surface area contributed by atoms with Crippen LogP contribution in [0.25, 0.3) is 10.2 Å². The Morgan fingerprint density at radius 1 is 1.16 bits per heavy atom. The van der Waals surface area contributed by atoms with Crippen LogP contribution in [0.5, 0.6) is 5.75 Å². The molecular weight excluding hydrogens is 332 g/mol. The van der Waals surface area contributed by atoms with Crippen LogP contribution >= 0.6 is 11.3 Å². The molecule has 0 aliphatic carbocycles. The molecule has 0 atom stereocenters. The van der Waals surface area contributed by atoms with Gasteiger partial charge >= 0.3 is 0 Å². The van der Waals surface area contributed by atoms with Crippen molar-refractivity contribution in [3.05, 3.63) is 53.0 Å². The van der Waals surface area contributed by atoms with Gasteiger partial charge in [0, 0.05) is 18.0 Å². The van der Waals surface area contributed by atoms with E-state index in [1.165, 1.54) is 9.58 Å². The number of amides is 1. The molecule has 2 aromatic heterocycles. The number of aromatic nitrogens is 1. The average molecular weight is 354 g/mol. The third kappa shape index (κ3) is 3.29. The average Bonchev–Trinajstić information content (AvgIpc) is 3.32. The first-order valence-corrected chi connectivity index (χ1v) is 9.61. The maximum Gasteiger partial charge on any atom is 0.270 e. The lowest BCUT2D eigenvalue weighted by molar-refractivity contribution is 0.0781. The lowest BCUT2D eigenvalue weighted by Crippen LogP contribution is -2.30. The van der Waals surface area contributed by atoms with Gasteiger partial charge in [-0.05, 0) is 44.0 Å². The normalized spacial score (nSPS) is 14.4. The highest BCUT2D eigenvalue weighted by Crippen LogP contribution is 2.30. The number of thiophene rings is 1. The molecule has 1 amide bonds. The zero-order valence-electron chi connectivity index (χ0n) is 14.4. The summed E-state index contributed by atoms with van der Waals surface area (Å²) in [5.74, 6) is 1.01. The van der Waals surface area contributed by atoms with Gasteiger partial charge in [-0.1, -0.05) is 18.2 Å². The van der Waals surface area contributed by atoms with Crippen molar-refractivity contribution in [3.8, 4) is 5.75 Å². The second-order valence-electron chi connectivity index (χ2n) is 6.45. The van der Waals surface area contributed by atoms with Crippen LogP contribution in [-0.4, -0.2) is 35.1 Å². The Morgan fingerprint density at radius 3 is 2.68 bits per heavy atom. The molecule has 4 rings (SSSR count). The first-order chi connectivity index (χ1) is 12.2. The van der Waals surface area contributed by atoms with Crippen molar-refractivity contribution in [2.24, 2.45) is 0 Å². The second kappa shape index (κ2) is 6.92. The van der Waals surface area contributed by atoms with Crippen LogP contribution in [0, 0.1) is 6.92 Å². The smallest absolute Gasteiger partial charge is 0.270 e. The van der Waals surface area contributed by atoms with Crippen molar-refractivity contribution in [1.29, 1.82) is 0 Å². The fraction of sp³-hybridized carbons (Fsp3) is 0.350. The molecule has 0 saturated carbocycles. The minimum absolute atomic E-state index is 0.151. The summed E-state index contributed by atoms with van der Waals surface area (Å²) in [7, 11) is 0. The van der Waals surface area contributed by atoms with E-state index in [-0.39, 0.29) is 5.91 Å². The molecule has 0 bridgehead atoms. The number of aryl methyl sites for hydroxylation is 1. The van der Waals surface area contributed by atoms with Gasteiger partial charge in [0.1, 0.15) is 18.1 Å². The fourth-order valence-corrected chi connectivity index (χ4v) is 4.40. The Hall–Kier alpha value is -2.27. The molecule has 1 fully saturated rings. The van der Waals surface area contributed by atoms with E-state index in [1.54, 1.807) is 11.3 Å². The zero-order chi connectivity index (χ0) is 17.2. The Kier molecular flexibility index (Phi) is 4.49. The second-order valence-corrected chi connectivity index (χ2v) is 7.74. The standard InChI is InChI=1S/C20H22N2O2S/c1-15-13-17-19(25-15)14-18(20(23)21-9-5-6-10-21)22(17)11-12-24-16-7-3-2-4-8-16/h2-4,7-8,13-14H,5-6,9-12H2,1H3. The number of carbonyl (C=O) groups is 1. The van der Waals surface area contributed by atoms with Crippen molar-refractivity contribution in [1.82, 2.24) is 9.47 Å². The summed E-state index contributed by atoms with van der Waals surface area (Å²) in [6.45, 7) is 5.07. The van der Waals surface area contributed by atoms with Gasteiger partial charge in [-0.3, -0.25) is 4.79 Å². The first kappa shape index (κ1) is 16.2. The summed E-state index contributed by atoms with van der Waals surface area (Å²) in [4.78, 5) is 16.2. The van der Waals surface area contributed by atoms with Gasteiger partial charge in [0.15, 0.2) is 0 Å². The van der Waals surface area contributed by atoms with Crippen LogP contribution in [0.15, 0.2) is 42.5 Å². The van der Waals surface area contributed by atoms with E-state index in [9.17, 15) is 4.79 Å². The number of likely N-dealkylation sites (tertiary alicyclic amines) is 1. The molecule has 0 radical (unpaired) electrons. The Labute approximate surface area is 151 Å². The van der Waals surface area contributed by atoms with Crippen LogP contribution < -0.4 is 4.74 Å². The molecule has 25 heavy (non-hydrogen) atoms. The van der Waals surface area contributed by atoms with E-state index in [4.69, 9.17) is 4.74 Å². The first-order valence-electron chi connectivity index (χ1n) is 8.79. The third-order valence-electron chi connectivity index (χ3n) is 4.65. The zero-order valence-corrected chi connectivity index (χ0v) is 15.2. The van der Waals surface area contributed by atoms with E-state index in [1.807, 2.05) is 35.2 Å². The quantitative estimate of drug-likeness (QED) is 0.684. The summed E-state index contributed by atoms with van der Waals surface area (Å²) in [5, 5.41) is 0. The van der Waals surface area contributed by atoms with Crippen molar-refractivity contribution in [2.75, 3.05) is 19.7 Å². The molecular formula is C20H22N2O2S. The molecule has 0 spiro atoms. The number of para-hydroxylation sites is 1. The van der Waals surface area contributed by atoms with E-state index >= 15 is 0 Å². The summed E-state index contributed by atoms with van der Waals surface area (Å²) in [6.07, 6.45) is 2.22. The Bertz CT molecular complexity index is 876. The summed E-state index contributed by atoms with van der Waals surface area (Å²) in [6, 6.07) is 14.0. The summed E-state index contributed by atoms with van der Waals surface area (Å²) < 4.78 is 9.16. The van der Waals surface area contributed by atoms with Gasteiger partial charge in [-0.15, -0.1) is 11.3 Å². The molecule has 1 aliphatic rings. The SMILES string of the molecule is Cc1cc2c(cc(C(=O)N3CCCC3)n2CCOc2ccccc2)s1. The number of ether oxygens (including phenoxy) is 1. The molecule has 5 heteroatoms. The van der Waals surface area contributed by atoms with Crippen LogP contribution in [-0.2, 0) is 6.54 Å². The van der Waals surface area contributed by atoms with Crippen molar-refractivity contribution >= 4 is 27.5 Å². The van der Waals surface area contributed by atoms with Gasteiger partial charge in [-0.2, -0.15) is 0 Å². The highest BCUT2D eigenvalue weighted by molar-refractivity contribution is 7.19. The van der Waals surface area contributed by atoms with E-state index in [0.717, 1.165) is 42.9 Å². The number of benzene rings is 1. The number of hydrogen-bond acceptors (Lipinski definition) is 3. The number of hydrogen-bond donors (Lipinski definition) is 0. The number of fused-ring (bicyclic) bond motifs is 1. The third-order valence-corrected chi connectivity index (χ3v) is 5.64. The van der Waals surface area contributed by atoms with Gasteiger partial charge < -0.3 is 14.2 Å².